The van der Waals surface area contributed by atoms with Crippen LogP contribution < -0.4 is 4.74 Å². The van der Waals surface area contributed by atoms with Gasteiger partial charge < -0.3 is 4.74 Å². The molecule has 1 rings (SSSR count). The van der Waals surface area contributed by atoms with E-state index >= 15 is 0 Å². The van der Waals surface area contributed by atoms with E-state index in [0.717, 1.165) is 7.05 Å². The maximum Gasteiger partial charge on any atom is 0.435 e. The highest BCUT2D eigenvalue weighted by molar-refractivity contribution is 8.69. The van der Waals surface area contributed by atoms with Gasteiger partial charge in [-0.3, -0.25) is 4.55 Å². The molecule has 1 heterocycles. The first kappa shape index (κ1) is 17.0. The number of hydrogen-bond donors (Lipinski definition) is 1. The van der Waals surface area contributed by atoms with Gasteiger partial charge in [0.25, 0.3) is 0 Å². The lowest BCUT2D eigenvalue weighted by molar-refractivity contribution is -0.142. The van der Waals surface area contributed by atoms with Crippen LogP contribution in [-0.2, 0) is 28.1 Å². The topological polar surface area (TPSA) is 81.4 Å². The van der Waals surface area contributed by atoms with E-state index in [2.05, 4.69) is 9.84 Å². The fourth-order valence-corrected chi connectivity index (χ4v) is 2.60. The lowest BCUT2D eigenvalue weighted by Crippen LogP contribution is -2.10. The van der Waals surface area contributed by atoms with E-state index in [1.807, 2.05) is 0 Å². The maximum absolute atomic E-state index is 12.7. The molecule has 0 aliphatic carbocycles. The number of ether oxygens (including phenoxy) is 1. The number of hydrogen-bond acceptors (Lipinski definition) is 5. The Morgan fingerprint density at radius 2 is 2.00 bits per heavy atom. The minimum Gasteiger partial charge on any atom is -0.417 e. The number of alkyl halides is 5. The van der Waals surface area contributed by atoms with Gasteiger partial charge in [0.05, 0.1) is 5.56 Å². The highest BCUT2D eigenvalue weighted by atomic mass is 33.1. The van der Waals surface area contributed by atoms with E-state index in [4.69, 9.17) is 4.55 Å². The Balaban J connectivity index is 3.26. The van der Waals surface area contributed by atoms with Crippen LogP contribution >= 0.6 is 10.8 Å². The summed E-state index contributed by atoms with van der Waals surface area (Å²) in [7, 11) is -4.01. The zero-order valence-corrected chi connectivity index (χ0v) is 11.2. The fraction of sp³-hybridized carbons (Fsp3) is 0.571. The molecule has 1 aromatic rings. The summed E-state index contributed by atoms with van der Waals surface area (Å²) in [6, 6.07) is 0. The molecule has 0 fully saturated rings. The Bertz CT molecular complexity index is 583. The van der Waals surface area contributed by atoms with Gasteiger partial charge in [-0.25, -0.2) is 4.68 Å². The standard InChI is InChI=1S/C7H7F5N2O4S2/c1-14-5(18-6(8)9)3(2-19-20(15,16)17)4(13-14)7(10,11)12/h6H,2H2,1H3,(H,15,16,17). The summed E-state index contributed by atoms with van der Waals surface area (Å²) in [6.45, 7) is -3.42. The Morgan fingerprint density at radius 1 is 1.45 bits per heavy atom. The molecule has 20 heavy (non-hydrogen) atoms. The van der Waals surface area contributed by atoms with Crippen molar-refractivity contribution < 1.29 is 39.7 Å². The Morgan fingerprint density at radius 3 is 2.40 bits per heavy atom. The molecule has 0 saturated heterocycles. The van der Waals surface area contributed by atoms with E-state index in [1.54, 1.807) is 0 Å². The van der Waals surface area contributed by atoms with E-state index in [9.17, 15) is 30.4 Å². The molecular weight excluding hydrogens is 335 g/mol. The summed E-state index contributed by atoms with van der Waals surface area (Å²) in [5.41, 5.74) is -2.46. The summed E-state index contributed by atoms with van der Waals surface area (Å²) >= 11 is 0. The van der Waals surface area contributed by atoms with Gasteiger partial charge in [0, 0.05) is 23.6 Å². The van der Waals surface area contributed by atoms with Gasteiger partial charge in [0.1, 0.15) is 0 Å². The van der Waals surface area contributed by atoms with Crippen LogP contribution in [0.25, 0.3) is 0 Å². The molecule has 0 atom stereocenters. The minimum absolute atomic E-state index is 0.279. The van der Waals surface area contributed by atoms with Crippen molar-refractivity contribution in [3.8, 4) is 5.88 Å². The number of aromatic nitrogens is 2. The second-order valence-electron chi connectivity index (χ2n) is 3.32. The quantitative estimate of drug-likeness (QED) is 0.501. The first-order valence-corrected chi connectivity index (χ1v) is 7.55. The van der Waals surface area contributed by atoms with Crippen molar-refractivity contribution in [1.82, 2.24) is 9.78 Å². The third kappa shape index (κ3) is 4.49. The third-order valence-electron chi connectivity index (χ3n) is 1.91. The predicted molar refractivity (Wildman–Crippen MR) is 57.7 cm³/mol. The van der Waals surface area contributed by atoms with Crippen LogP contribution in [0.15, 0.2) is 0 Å². The van der Waals surface area contributed by atoms with Gasteiger partial charge >= 0.3 is 21.9 Å². The van der Waals surface area contributed by atoms with Crippen molar-refractivity contribution in [2.24, 2.45) is 7.05 Å². The van der Waals surface area contributed by atoms with E-state index < -0.39 is 44.8 Å². The van der Waals surface area contributed by atoms with Crippen LogP contribution in [-0.4, -0.2) is 29.4 Å². The van der Waals surface area contributed by atoms with Crippen molar-refractivity contribution >= 4 is 19.9 Å². The highest BCUT2D eigenvalue weighted by Gasteiger charge is 2.40. The van der Waals surface area contributed by atoms with Crippen molar-refractivity contribution in [1.29, 1.82) is 0 Å². The Labute approximate surface area is 113 Å². The zero-order valence-electron chi connectivity index (χ0n) is 9.56. The van der Waals surface area contributed by atoms with Gasteiger partial charge in [0.15, 0.2) is 5.69 Å². The average molecular weight is 342 g/mol. The minimum atomic E-state index is -4.99. The lowest BCUT2D eigenvalue weighted by atomic mass is 10.2. The van der Waals surface area contributed by atoms with Crippen molar-refractivity contribution in [2.75, 3.05) is 0 Å². The molecule has 0 unspecified atom stereocenters. The molecule has 0 bridgehead atoms. The number of rotatable bonds is 5. The van der Waals surface area contributed by atoms with Crippen LogP contribution in [0.3, 0.4) is 0 Å². The molecule has 0 amide bonds. The molecule has 6 nitrogen and oxygen atoms in total. The maximum atomic E-state index is 12.7. The van der Waals surface area contributed by atoms with Gasteiger partial charge in [-0.15, -0.1) is 0 Å². The van der Waals surface area contributed by atoms with E-state index in [0.29, 0.717) is 4.68 Å². The molecule has 13 heteroatoms. The van der Waals surface area contributed by atoms with Crippen molar-refractivity contribution in [3.05, 3.63) is 11.3 Å². The summed E-state index contributed by atoms with van der Waals surface area (Å²) < 4.78 is 96.1. The van der Waals surface area contributed by atoms with Crippen LogP contribution in [0, 0.1) is 0 Å². The highest BCUT2D eigenvalue weighted by Crippen LogP contribution is 2.38. The molecule has 116 valence electrons. The van der Waals surface area contributed by atoms with Crippen molar-refractivity contribution in [2.45, 2.75) is 18.5 Å². The van der Waals surface area contributed by atoms with Crippen LogP contribution in [0.2, 0.25) is 0 Å². The Kier molecular flexibility index (Phi) is 4.86. The molecule has 0 aliphatic rings. The van der Waals surface area contributed by atoms with Gasteiger partial charge in [-0.1, -0.05) is 0 Å². The fourth-order valence-electron chi connectivity index (χ4n) is 1.28. The SMILES string of the molecule is Cn1nc(C(F)(F)F)c(CSS(=O)(=O)O)c1OC(F)F. The summed E-state index contributed by atoms with van der Waals surface area (Å²) in [5, 5.41) is 2.98. The second-order valence-corrected chi connectivity index (χ2v) is 6.67. The van der Waals surface area contributed by atoms with Crippen LogP contribution in [0.1, 0.15) is 11.3 Å². The first-order valence-electron chi connectivity index (χ1n) is 4.61. The monoisotopic (exact) mass is 342 g/mol. The number of halogens is 5. The van der Waals surface area contributed by atoms with Crippen LogP contribution in [0.4, 0.5) is 22.0 Å². The molecule has 0 radical (unpaired) electrons. The largest absolute Gasteiger partial charge is 0.435 e. The molecule has 0 aliphatic heterocycles. The number of nitrogens with zero attached hydrogens (tertiary/aromatic N) is 2. The summed E-state index contributed by atoms with van der Waals surface area (Å²) in [6.07, 6.45) is -4.99. The predicted octanol–water partition coefficient (Wildman–Crippen LogP) is 2.08. The molecular formula is C7H7F5N2O4S2. The number of aryl methyl sites for hydroxylation is 1. The normalized spacial score (nSPS) is 13.0. The van der Waals surface area contributed by atoms with Gasteiger partial charge in [0.2, 0.25) is 5.88 Å². The average Bonchev–Trinajstić information content (AvgIpc) is 2.51. The zero-order chi connectivity index (χ0) is 15.7. The van der Waals surface area contributed by atoms with Crippen LogP contribution in [0.5, 0.6) is 5.88 Å². The molecule has 0 spiro atoms. The summed E-state index contributed by atoms with van der Waals surface area (Å²) in [4.78, 5) is 0. The molecule has 0 aromatic carbocycles. The molecule has 1 aromatic heterocycles. The molecule has 0 saturated carbocycles. The van der Waals surface area contributed by atoms with E-state index in [1.165, 1.54) is 0 Å². The second kappa shape index (κ2) is 5.73. The third-order valence-corrected chi connectivity index (χ3v) is 3.86. The van der Waals surface area contributed by atoms with E-state index in [-0.39, 0.29) is 10.8 Å². The van der Waals surface area contributed by atoms with Gasteiger partial charge in [-0.2, -0.15) is 35.5 Å². The Hall–Kier alpha value is -1.08. The van der Waals surface area contributed by atoms with Gasteiger partial charge in [-0.05, 0) is 0 Å². The van der Waals surface area contributed by atoms with Crippen molar-refractivity contribution in [3.63, 3.8) is 0 Å². The smallest absolute Gasteiger partial charge is 0.417 e. The molecule has 1 N–H and O–H groups in total. The summed E-state index contributed by atoms with van der Waals surface area (Å²) in [5.74, 6) is -1.88. The first-order chi connectivity index (χ1) is 8.92. The lowest BCUT2D eigenvalue weighted by Gasteiger charge is -2.08.